The molecule has 1 aliphatic heterocycles. The molecule has 0 radical (unpaired) electrons. The van der Waals surface area contributed by atoms with Crippen LogP contribution in [0.1, 0.15) is 30.9 Å². The fourth-order valence-electron chi connectivity index (χ4n) is 2.80. The SMILES string of the molecule is CNC1=C(C(F)(F)F)C=NC(N)(c2cn(C(C)(C)c3ncn[nH]3)nc2C)N1. The number of hydrogen-bond acceptors (Lipinski definition) is 7. The van der Waals surface area contributed by atoms with Crippen molar-refractivity contribution in [3.8, 4) is 0 Å². The lowest BCUT2D eigenvalue weighted by Crippen LogP contribution is -2.54. The smallest absolute Gasteiger partial charge is 0.374 e. The van der Waals surface area contributed by atoms with Crippen LogP contribution in [0.2, 0.25) is 0 Å². The van der Waals surface area contributed by atoms with E-state index in [4.69, 9.17) is 5.73 Å². The van der Waals surface area contributed by atoms with Crippen molar-refractivity contribution in [3.05, 3.63) is 41.0 Å². The topological polar surface area (TPSA) is 122 Å². The zero-order valence-corrected chi connectivity index (χ0v) is 15.2. The zero-order chi connectivity index (χ0) is 20.0. The fourth-order valence-corrected chi connectivity index (χ4v) is 2.80. The van der Waals surface area contributed by atoms with E-state index in [2.05, 4.69) is 35.9 Å². The van der Waals surface area contributed by atoms with E-state index < -0.39 is 23.1 Å². The molecule has 9 nitrogen and oxygen atoms in total. The van der Waals surface area contributed by atoms with Gasteiger partial charge in [0.25, 0.3) is 0 Å². The molecule has 0 spiro atoms. The van der Waals surface area contributed by atoms with Crippen molar-refractivity contribution in [2.45, 2.75) is 38.3 Å². The van der Waals surface area contributed by atoms with Crippen molar-refractivity contribution in [2.24, 2.45) is 10.7 Å². The first-order chi connectivity index (χ1) is 12.5. The molecule has 0 amide bonds. The van der Waals surface area contributed by atoms with Crippen LogP contribution in [0.15, 0.2) is 28.9 Å². The van der Waals surface area contributed by atoms with Crippen molar-refractivity contribution in [2.75, 3.05) is 7.05 Å². The maximum atomic E-state index is 13.1. The first kappa shape index (κ1) is 18.9. The molecule has 146 valence electrons. The monoisotopic (exact) mass is 383 g/mol. The highest BCUT2D eigenvalue weighted by Crippen LogP contribution is 2.32. The Morgan fingerprint density at radius 3 is 2.56 bits per heavy atom. The van der Waals surface area contributed by atoms with Gasteiger partial charge in [-0.05, 0) is 20.8 Å². The number of nitrogens with one attached hydrogen (secondary N) is 3. The number of hydrogen-bond donors (Lipinski definition) is 4. The van der Waals surface area contributed by atoms with E-state index >= 15 is 0 Å². The van der Waals surface area contributed by atoms with E-state index in [0.717, 1.165) is 6.21 Å². The van der Waals surface area contributed by atoms with Crippen molar-refractivity contribution in [1.82, 2.24) is 35.6 Å². The molecule has 2 aromatic heterocycles. The molecular formula is C15H20F3N9. The van der Waals surface area contributed by atoms with Gasteiger partial charge in [0, 0.05) is 19.5 Å². The van der Waals surface area contributed by atoms with Gasteiger partial charge in [0.1, 0.15) is 23.3 Å². The second kappa shape index (κ2) is 6.08. The predicted molar refractivity (Wildman–Crippen MR) is 91.4 cm³/mol. The Labute approximate surface area is 152 Å². The lowest BCUT2D eigenvalue weighted by atomic mass is 10.0. The second-order valence-corrected chi connectivity index (χ2v) is 6.65. The van der Waals surface area contributed by atoms with E-state index in [-0.39, 0.29) is 5.82 Å². The van der Waals surface area contributed by atoms with Gasteiger partial charge in [-0.3, -0.25) is 15.5 Å². The van der Waals surface area contributed by atoms with Crippen molar-refractivity contribution < 1.29 is 13.2 Å². The minimum Gasteiger partial charge on any atom is -0.374 e. The summed E-state index contributed by atoms with van der Waals surface area (Å²) in [6, 6.07) is 0. The third kappa shape index (κ3) is 3.16. The number of halogens is 3. The average molecular weight is 383 g/mol. The summed E-state index contributed by atoms with van der Waals surface area (Å²) >= 11 is 0. The summed E-state index contributed by atoms with van der Waals surface area (Å²) in [5, 5.41) is 16.2. The highest BCUT2D eigenvalue weighted by Gasteiger charge is 2.42. The van der Waals surface area contributed by atoms with Crippen LogP contribution in [0, 0.1) is 6.92 Å². The Bertz CT molecular complexity index is 892. The van der Waals surface area contributed by atoms with E-state index in [1.54, 1.807) is 17.8 Å². The number of allylic oxidation sites excluding steroid dienone is 1. The molecule has 3 rings (SSSR count). The van der Waals surface area contributed by atoms with Crippen molar-refractivity contribution in [1.29, 1.82) is 0 Å². The van der Waals surface area contributed by atoms with E-state index in [9.17, 15) is 13.2 Å². The Hall–Kier alpha value is -2.89. The molecule has 1 atom stereocenters. The van der Waals surface area contributed by atoms with Gasteiger partial charge in [-0.1, -0.05) is 0 Å². The lowest BCUT2D eigenvalue weighted by Gasteiger charge is -2.33. The molecule has 0 saturated heterocycles. The Kier molecular flexibility index (Phi) is 4.25. The van der Waals surface area contributed by atoms with Gasteiger partial charge in [0.05, 0.1) is 11.3 Å². The molecule has 3 heterocycles. The van der Waals surface area contributed by atoms with Crippen LogP contribution in [0.5, 0.6) is 0 Å². The second-order valence-electron chi connectivity index (χ2n) is 6.65. The summed E-state index contributed by atoms with van der Waals surface area (Å²) in [6.07, 6.45) is -0.827. The molecule has 0 bridgehead atoms. The number of nitrogens with zero attached hydrogens (tertiary/aromatic N) is 5. The van der Waals surface area contributed by atoms with Gasteiger partial charge in [0.2, 0.25) is 5.79 Å². The first-order valence-corrected chi connectivity index (χ1v) is 8.03. The van der Waals surface area contributed by atoms with Crippen LogP contribution >= 0.6 is 0 Å². The summed E-state index contributed by atoms with van der Waals surface area (Å²) in [4.78, 5) is 8.08. The van der Waals surface area contributed by atoms with Gasteiger partial charge >= 0.3 is 6.18 Å². The normalized spacial score (nSPS) is 20.7. The molecule has 0 aliphatic carbocycles. The molecule has 1 aliphatic rings. The molecule has 12 heteroatoms. The molecule has 2 aromatic rings. The maximum absolute atomic E-state index is 13.1. The van der Waals surface area contributed by atoms with Gasteiger partial charge in [-0.25, -0.2) is 9.98 Å². The standard InChI is InChI=1S/C15H20F3N9/c1-8-10(6-27(26-8)13(2,3)12-21-7-23-25-12)15(19)22-5-9(14(16,17)18)11(20-4)24-15/h5-7,20,24H,19H2,1-4H3,(H,21,23,25). The van der Waals surface area contributed by atoms with Crippen LogP contribution in [0.3, 0.4) is 0 Å². The highest BCUT2D eigenvalue weighted by atomic mass is 19.4. The maximum Gasteiger partial charge on any atom is 0.421 e. The fraction of sp³-hybridized carbons (Fsp3) is 0.467. The molecule has 27 heavy (non-hydrogen) atoms. The number of aryl methyl sites for hydroxylation is 1. The Morgan fingerprint density at radius 1 is 1.30 bits per heavy atom. The largest absolute Gasteiger partial charge is 0.421 e. The van der Waals surface area contributed by atoms with Crippen molar-refractivity contribution in [3.63, 3.8) is 0 Å². The first-order valence-electron chi connectivity index (χ1n) is 8.03. The number of rotatable bonds is 4. The Balaban J connectivity index is 2.00. The van der Waals surface area contributed by atoms with Crippen molar-refractivity contribution >= 4 is 6.21 Å². The van der Waals surface area contributed by atoms with Crippen LogP contribution in [-0.4, -0.2) is 44.4 Å². The number of aliphatic imine (C=N–C) groups is 1. The number of aromatic nitrogens is 5. The highest BCUT2D eigenvalue weighted by molar-refractivity contribution is 5.82. The summed E-state index contributed by atoms with van der Waals surface area (Å²) in [6.45, 7) is 5.44. The van der Waals surface area contributed by atoms with Crippen LogP contribution in [-0.2, 0) is 11.3 Å². The lowest BCUT2D eigenvalue weighted by molar-refractivity contribution is -0.0875. The molecule has 0 fully saturated rings. The van der Waals surface area contributed by atoms with Crippen LogP contribution < -0.4 is 16.4 Å². The van der Waals surface area contributed by atoms with Gasteiger partial charge in [-0.2, -0.15) is 23.4 Å². The van der Waals surface area contributed by atoms with E-state index in [0.29, 0.717) is 17.1 Å². The quantitative estimate of drug-likeness (QED) is 0.620. The third-order valence-corrected chi connectivity index (χ3v) is 4.41. The molecule has 0 aromatic carbocycles. The third-order valence-electron chi connectivity index (χ3n) is 4.41. The predicted octanol–water partition coefficient (Wildman–Crippen LogP) is 0.829. The van der Waals surface area contributed by atoms with E-state index in [1.165, 1.54) is 13.4 Å². The van der Waals surface area contributed by atoms with E-state index in [1.807, 2.05) is 13.8 Å². The minimum atomic E-state index is -4.57. The number of aromatic amines is 1. The molecule has 5 N–H and O–H groups in total. The summed E-state index contributed by atoms with van der Waals surface area (Å²) in [5.41, 5.74) is 5.61. The molecular weight excluding hydrogens is 363 g/mol. The van der Waals surface area contributed by atoms with Crippen LogP contribution in [0.25, 0.3) is 0 Å². The zero-order valence-electron chi connectivity index (χ0n) is 15.2. The summed E-state index contributed by atoms with van der Waals surface area (Å²) < 4.78 is 41.0. The van der Waals surface area contributed by atoms with Gasteiger partial charge < -0.3 is 10.6 Å². The van der Waals surface area contributed by atoms with Crippen LogP contribution in [0.4, 0.5) is 13.2 Å². The average Bonchev–Trinajstić information content (AvgIpc) is 3.23. The molecule has 1 unspecified atom stereocenters. The number of H-pyrrole nitrogens is 1. The minimum absolute atomic E-state index is 0.262. The summed E-state index contributed by atoms with van der Waals surface area (Å²) in [7, 11) is 1.37. The number of alkyl halides is 3. The van der Waals surface area contributed by atoms with Gasteiger partial charge in [0.15, 0.2) is 5.82 Å². The molecule has 0 saturated carbocycles. The summed E-state index contributed by atoms with van der Waals surface area (Å²) in [5.74, 6) is -1.30. The number of nitrogens with two attached hydrogens (primary N) is 1. The van der Waals surface area contributed by atoms with Gasteiger partial charge in [-0.15, -0.1) is 0 Å². The Morgan fingerprint density at radius 2 is 2.00 bits per heavy atom.